The topological polar surface area (TPSA) is 85.7 Å². The third-order valence-corrected chi connectivity index (χ3v) is 6.51. The molecule has 0 radical (unpaired) electrons. The Morgan fingerprint density at radius 2 is 1.71 bits per heavy atom. The van der Waals surface area contributed by atoms with Gasteiger partial charge in [0.05, 0.1) is 11.1 Å². The van der Waals surface area contributed by atoms with Crippen molar-refractivity contribution in [2.45, 2.75) is 20.0 Å². The zero-order valence-electron chi connectivity index (χ0n) is 22.2. The molecule has 0 saturated heterocycles. The van der Waals surface area contributed by atoms with Gasteiger partial charge in [0.15, 0.2) is 17.3 Å². The van der Waals surface area contributed by atoms with Gasteiger partial charge in [0.1, 0.15) is 18.1 Å². The lowest BCUT2D eigenvalue weighted by atomic mass is 9.96. The molecule has 41 heavy (non-hydrogen) atoms. The van der Waals surface area contributed by atoms with Gasteiger partial charge in [0, 0.05) is 29.3 Å². The Morgan fingerprint density at radius 1 is 0.927 bits per heavy atom. The van der Waals surface area contributed by atoms with Crippen molar-refractivity contribution in [2.75, 3.05) is 0 Å². The first-order valence-corrected chi connectivity index (χ1v) is 13.0. The van der Waals surface area contributed by atoms with E-state index in [4.69, 9.17) is 14.6 Å². The molecule has 5 rings (SSSR count). The highest BCUT2D eigenvalue weighted by Crippen LogP contribution is 2.37. The molecule has 1 aromatic heterocycles. The van der Waals surface area contributed by atoms with Crippen LogP contribution in [0, 0.1) is 5.82 Å². The van der Waals surface area contributed by atoms with Crippen LogP contribution >= 0.6 is 0 Å². The van der Waals surface area contributed by atoms with Gasteiger partial charge >= 0.3 is 5.97 Å². The average Bonchev–Trinajstić information content (AvgIpc) is 3.00. The van der Waals surface area contributed by atoms with Gasteiger partial charge in [-0.2, -0.15) is 0 Å². The Balaban J connectivity index is 1.56. The number of benzene rings is 4. The van der Waals surface area contributed by atoms with Gasteiger partial charge in [-0.25, -0.2) is 9.18 Å². The molecule has 0 aliphatic rings. The molecular formula is C34H26FNO5. The molecule has 6 nitrogen and oxygen atoms in total. The summed E-state index contributed by atoms with van der Waals surface area (Å²) in [6.07, 6.45) is 4.30. The third-order valence-electron chi connectivity index (χ3n) is 6.51. The van der Waals surface area contributed by atoms with Crippen LogP contribution in [0.25, 0.3) is 17.0 Å². The van der Waals surface area contributed by atoms with Gasteiger partial charge in [0.25, 0.3) is 0 Å². The number of halogens is 1. The summed E-state index contributed by atoms with van der Waals surface area (Å²) in [4.78, 5) is 29.2. The smallest absolute Gasteiger partial charge is 0.328 e. The number of ether oxygens (including phenoxy) is 2. The summed E-state index contributed by atoms with van der Waals surface area (Å²) in [5, 5.41) is 9.37. The Hall–Kier alpha value is -5.30. The summed E-state index contributed by atoms with van der Waals surface area (Å²) in [7, 11) is 0. The van der Waals surface area contributed by atoms with Crippen molar-refractivity contribution in [1.29, 1.82) is 0 Å². The first kappa shape index (κ1) is 27.3. The lowest BCUT2D eigenvalue weighted by Crippen LogP contribution is -2.08. The van der Waals surface area contributed by atoms with Crippen LogP contribution in [0.15, 0.2) is 103 Å². The molecule has 0 aliphatic carbocycles. The molecule has 1 heterocycles. The predicted octanol–water partition coefficient (Wildman–Crippen LogP) is 7.64. The normalized spacial score (nSPS) is 11.1. The Labute approximate surface area is 236 Å². The molecule has 5 aromatic rings. The zero-order chi connectivity index (χ0) is 28.8. The van der Waals surface area contributed by atoms with Crippen LogP contribution in [0.5, 0.6) is 17.2 Å². The van der Waals surface area contributed by atoms with Gasteiger partial charge in [-0.15, -0.1) is 0 Å². The number of carboxylic acids is 1. The second kappa shape index (κ2) is 12.3. The largest absolute Gasteiger partial charge is 0.489 e. The summed E-state index contributed by atoms with van der Waals surface area (Å²) >= 11 is 0. The molecule has 0 bridgehead atoms. The quantitative estimate of drug-likeness (QED) is 0.143. The molecule has 0 unspecified atom stereocenters. The van der Waals surface area contributed by atoms with E-state index in [2.05, 4.69) is 4.98 Å². The molecule has 0 spiro atoms. The van der Waals surface area contributed by atoms with Gasteiger partial charge in [0.2, 0.25) is 0 Å². The number of carbonyl (C=O) groups excluding carboxylic acids is 1. The molecule has 7 heteroatoms. The highest BCUT2D eigenvalue weighted by atomic mass is 19.1. The van der Waals surface area contributed by atoms with Crippen molar-refractivity contribution in [2.24, 2.45) is 0 Å². The van der Waals surface area contributed by atoms with Gasteiger partial charge < -0.3 is 14.6 Å². The molecule has 1 N–H and O–H groups in total. The lowest BCUT2D eigenvalue weighted by Gasteiger charge is -2.16. The van der Waals surface area contributed by atoms with E-state index in [1.54, 1.807) is 30.3 Å². The molecule has 0 saturated carbocycles. The number of aromatic nitrogens is 1. The summed E-state index contributed by atoms with van der Waals surface area (Å²) in [6.45, 7) is 2.34. The van der Waals surface area contributed by atoms with Crippen molar-refractivity contribution in [3.05, 3.63) is 137 Å². The van der Waals surface area contributed by atoms with Crippen LogP contribution in [-0.2, 0) is 17.8 Å². The van der Waals surface area contributed by atoms with Gasteiger partial charge in [-0.3, -0.25) is 9.78 Å². The van der Waals surface area contributed by atoms with Crippen molar-refractivity contribution >= 4 is 28.7 Å². The summed E-state index contributed by atoms with van der Waals surface area (Å²) in [5.41, 5.74) is 3.44. The van der Waals surface area contributed by atoms with Crippen LogP contribution in [-0.4, -0.2) is 21.8 Å². The Morgan fingerprint density at radius 3 is 2.46 bits per heavy atom. The lowest BCUT2D eigenvalue weighted by molar-refractivity contribution is -0.131. The second-order valence-electron chi connectivity index (χ2n) is 9.26. The number of ketones is 1. The predicted molar refractivity (Wildman–Crippen MR) is 155 cm³/mol. The molecule has 204 valence electrons. The molecule has 0 amide bonds. The van der Waals surface area contributed by atoms with Crippen LogP contribution in [0.4, 0.5) is 4.39 Å². The molecule has 0 atom stereocenters. The minimum atomic E-state index is -1.14. The summed E-state index contributed by atoms with van der Waals surface area (Å²) in [5.74, 6) is -1.52. The van der Waals surface area contributed by atoms with E-state index in [1.165, 1.54) is 30.5 Å². The average molecular weight is 548 g/mol. The third kappa shape index (κ3) is 6.31. The summed E-state index contributed by atoms with van der Waals surface area (Å²) < 4.78 is 27.2. The Bertz CT molecular complexity index is 1760. The fourth-order valence-corrected chi connectivity index (χ4v) is 4.43. The van der Waals surface area contributed by atoms with E-state index in [9.17, 15) is 9.59 Å². The maximum atomic E-state index is 15.1. The summed E-state index contributed by atoms with van der Waals surface area (Å²) in [6, 6.07) is 26.4. The molecular weight excluding hydrogens is 521 g/mol. The van der Waals surface area contributed by atoms with Crippen LogP contribution in [0.1, 0.15) is 39.5 Å². The number of fused-ring (bicyclic) bond motifs is 1. The maximum Gasteiger partial charge on any atom is 0.328 e. The SMILES string of the molecule is CCc1ccccc1C(=O)c1cnc2cc(OCc3ccccc3)ccc2c1Oc1ccc(/C=C/C(=O)O)cc1F. The number of hydrogen-bond donors (Lipinski definition) is 1. The fraction of sp³-hybridized carbons (Fsp3) is 0.0882. The van der Waals surface area contributed by atoms with Gasteiger partial charge in [-0.05, 0) is 53.5 Å². The minimum Gasteiger partial charge on any atom is -0.489 e. The number of pyridine rings is 1. The minimum absolute atomic E-state index is 0.118. The van der Waals surface area contributed by atoms with E-state index in [1.807, 2.05) is 49.4 Å². The zero-order valence-corrected chi connectivity index (χ0v) is 22.2. The molecule has 0 fully saturated rings. The highest BCUT2D eigenvalue weighted by Gasteiger charge is 2.22. The number of carboxylic acid groups (broad SMARTS) is 1. The molecule has 4 aromatic carbocycles. The highest BCUT2D eigenvalue weighted by molar-refractivity contribution is 6.14. The van der Waals surface area contributed by atoms with E-state index < -0.39 is 11.8 Å². The standard InChI is InChI=1S/C34H26FNO5/c1-2-24-10-6-7-11-26(24)33(39)28-20-36-30-19-25(40-21-23-8-4-3-5-9-23)14-15-27(30)34(28)41-31-16-12-22(18-29(31)35)13-17-32(37)38/h3-20H,2,21H2,1H3,(H,37,38)/b17-13+. The number of carbonyl (C=O) groups is 2. The van der Waals surface area contributed by atoms with Crippen molar-refractivity contribution in [3.63, 3.8) is 0 Å². The first-order chi connectivity index (χ1) is 19.9. The maximum absolute atomic E-state index is 15.1. The van der Waals surface area contributed by atoms with Gasteiger partial charge in [-0.1, -0.05) is 67.6 Å². The number of aliphatic carboxylic acids is 1. The monoisotopic (exact) mass is 547 g/mol. The van der Waals surface area contributed by atoms with E-state index in [0.29, 0.717) is 40.8 Å². The van der Waals surface area contributed by atoms with Crippen LogP contribution < -0.4 is 9.47 Å². The van der Waals surface area contributed by atoms with E-state index >= 15 is 4.39 Å². The van der Waals surface area contributed by atoms with Crippen LogP contribution in [0.3, 0.4) is 0 Å². The van der Waals surface area contributed by atoms with E-state index in [-0.39, 0.29) is 22.8 Å². The molecule has 0 aliphatic heterocycles. The van der Waals surface area contributed by atoms with E-state index in [0.717, 1.165) is 17.2 Å². The number of nitrogens with zero attached hydrogens (tertiary/aromatic N) is 1. The van der Waals surface area contributed by atoms with Crippen molar-refractivity contribution in [1.82, 2.24) is 4.98 Å². The van der Waals surface area contributed by atoms with Crippen molar-refractivity contribution < 1.29 is 28.6 Å². The Kier molecular flexibility index (Phi) is 8.15. The number of aryl methyl sites for hydroxylation is 1. The first-order valence-electron chi connectivity index (χ1n) is 13.0. The van der Waals surface area contributed by atoms with Crippen LogP contribution in [0.2, 0.25) is 0 Å². The van der Waals surface area contributed by atoms with Crippen molar-refractivity contribution in [3.8, 4) is 17.2 Å². The number of hydrogen-bond acceptors (Lipinski definition) is 5. The second-order valence-corrected chi connectivity index (χ2v) is 9.26. The number of rotatable bonds is 10. The fourth-order valence-electron chi connectivity index (χ4n) is 4.43.